The smallest absolute Gasteiger partial charge is 0.243 e. The van der Waals surface area contributed by atoms with Gasteiger partial charge in [-0.15, -0.1) is 11.6 Å². The molecule has 21 heavy (non-hydrogen) atoms. The maximum absolute atomic E-state index is 12.5. The van der Waals surface area contributed by atoms with E-state index in [0.717, 1.165) is 6.42 Å². The van der Waals surface area contributed by atoms with Gasteiger partial charge in [-0.25, -0.2) is 8.42 Å². The third kappa shape index (κ3) is 5.16. The number of benzene rings is 1. The zero-order chi connectivity index (χ0) is 16.0. The summed E-state index contributed by atoms with van der Waals surface area (Å²) in [6.45, 7) is 6.49. The minimum atomic E-state index is -3.47. The molecule has 1 aromatic rings. The fourth-order valence-corrected chi connectivity index (χ4v) is 3.55. The molecule has 0 spiro atoms. The summed E-state index contributed by atoms with van der Waals surface area (Å²) >= 11 is 5.55. The van der Waals surface area contributed by atoms with Crippen molar-refractivity contribution in [3.05, 3.63) is 24.3 Å². The monoisotopic (exact) mass is 333 g/mol. The van der Waals surface area contributed by atoms with Crippen molar-refractivity contribution < 1.29 is 13.2 Å². The maximum atomic E-state index is 12.5. The number of hydrogen-bond acceptors (Lipinski definition) is 3. The molecule has 0 heterocycles. The average Bonchev–Trinajstić information content (AvgIpc) is 2.43. The molecule has 0 saturated carbocycles. The number of hydrogen-bond donors (Lipinski definition) is 0. The van der Waals surface area contributed by atoms with Crippen LogP contribution in [-0.2, 0) is 10.0 Å². The van der Waals surface area contributed by atoms with Crippen molar-refractivity contribution in [2.45, 2.75) is 38.1 Å². The van der Waals surface area contributed by atoms with E-state index in [-0.39, 0.29) is 10.9 Å². The summed E-state index contributed by atoms with van der Waals surface area (Å²) in [7, 11) is -1.84. The lowest BCUT2D eigenvalue weighted by molar-refractivity contribution is 0.337. The summed E-state index contributed by atoms with van der Waals surface area (Å²) in [5.74, 6) is 1.46. The molecular formula is C15H24ClNO3S. The van der Waals surface area contributed by atoms with Gasteiger partial charge in [-0.05, 0) is 43.5 Å². The molecule has 1 unspecified atom stereocenters. The predicted octanol–water partition coefficient (Wildman–Crippen LogP) is 3.36. The van der Waals surface area contributed by atoms with Gasteiger partial charge in [0.25, 0.3) is 0 Å². The fourth-order valence-electron chi connectivity index (χ4n) is 2.10. The Morgan fingerprint density at radius 3 is 2.24 bits per heavy atom. The Bertz CT molecular complexity index is 528. The molecule has 0 aliphatic rings. The Labute approximate surface area is 133 Å². The van der Waals surface area contributed by atoms with E-state index in [0.29, 0.717) is 24.2 Å². The molecular weight excluding hydrogens is 310 g/mol. The Hall–Kier alpha value is -0.780. The van der Waals surface area contributed by atoms with Crippen molar-refractivity contribution >= 4 is 21.6 Å². The summed E-state index contributed by atoms with van der Waals surface area (Å²) in [6.07, 6.45) is 0.826. The largest absolute Gasteiger partial charge is 0.492 e. The first kappa shape index (κ1) is 18.3. The normalized spacial score (nSPS) is 13.7. The average molecular weight is 334 g/mol. The molecule has 0 amide bonds. The zero-order valence-corrected chi connectivity index (χ0v) is 14.6. The standard InChI is InChI=1S/C15H24ClNO3S/c1-12(2)11-13(3)17(4)21(18,19)15-7-5-14(6-8-15)20-10-9-16/h5-8,12-13H,9-11H2,1-4H3. The van der Waals surface area contributed by atoms with Crippen LogP contribution in [0.25, 0.3) is 0 Å². The number of nitrogens with zero attached hydrogens (tertiary/aromatic N) is 1. The van der Waals surface area contributed by atoms with Crippen LogP contribution in [0.4, 0.5) is 0 Å². The van der Waals surface area contributed by atoms with E-state index in [4.69, 9.17) is 16.3 Å². The predicted molar refractivity (Wildman–Crippen MR) is 86.5 cm³/mol. The number of rotatable bonds is 8. The second-order valence-corrected chi connectivity index (χ2v) is 7.88. The Morgan fingerprint density at radius 1 is 1.19 bits per heavy atom. The Kier molecular flexibility index (Phi) is 6.97. The highest BCUT2D eigenvalue weighted by Crippen LogP contribution is 2.22. The molecule has 0 N–H and O–H groups in total. The first-order valence-electron chi connectivity index (χ1n) is 7.06. The highest BCUT2D eigenvalue weighted by molar-refractivity contribution is 7.89. The van der Waals surface area contributed by atoms with Crippen LogP contribution in [0.15, 0.2) is 29.2 Å². The lowest BCUT2D eigenvalue weighted by Gasteiger charge is -2.25. The van der Waals surface area contributed by atoms with Gasteiger partial charge >= 0.3 is 0 Å². The van der Waals surface area contributed by atoms with E-state index in [2.05, 4.69) is 13.8 Å². The van der Waals surface area contributed by atoms with Crippen LogP contribution in [0, 0.1) is 5.92 Å². The van der Waals surface area contributed by atoms with Gasteiger partial charge in [-0.2, -0.15) is 4.31 Å². The molecule has 4 nitrogen and oxygen atoms in total. The van der Waals surface area contributed by atoms with Crippen LogP contribution in [0.3, 0.4) is 0 Å². The lowest BCUT2D eigenvalue weighted by atomic mass is 10.1. The molecule has 120 valence electrons. The van der Waals surface area contributed by atoms with Crippen LogP contribution >= 0.6 is 11.6 Å². The van der Waals surface area contributed by atoms with E-state index in [9.17, 15) is 8.42 Å². The van der Waals surface area contributed by atoms with E-state index >= 15 is 0 Å². The van der Waals surface area contributed by atoms with Crippen molar-refractivity contribution in [3.8, 4) is 5.75 Å². The van der Waals surface area contributed by atoms with Gasteiger partial charge in [-0.3, -0.25) is 0 Å². The van der Waals surface area contributed by atoms with Gasteiger partial charge in [0.2, 0.25) is 10.0 Å². The first-order chi connectivity index (χ1) is 9.78. The molecule has 6 heteroatoms. The highest BCUT2D eigenvalue weighted by atomic mass is 35.5. The van der Waals surface area contributed by atoms with Crippen molar-refractivity contribution in [2.75, 3.05) is 19.5 Å². The minimum absolute atomic E-state index is 0.0397. The third-order valence-corrected chi connectivity index (χ3v) is 5.42. The van der Waals surface area contributed by atoms with E-state index < -0.39 is 10.0 Å². The highest BCUT2D eigenvalue weighted by Gasteiger charge is 2.25. The summed E-state index contributed by atoms with van der Waals surface area (Å²) in [5, 5.41) is 0. The molecule has 0 aromatic heterocycles. The van der Waals surface area contributed by atoms with Crippen molar-refractivity contribution in [3.63, 3.8) is 0 Å². The molecule has 0 fully saturated rings. The van der Waals surface area contributed by atoms with Gasteiger partial charge in [0.15, 0.2) is 0 Å². The minimum Gasteiger partial charge on any atom is -0.492 e. The molecule has 1 rings (SSSR count). The summed E-state index contributed by atoms with van der Waals surface area (Å²) in [4.78, 5) is 0.277. The third-order valence-electron chi connectivity index (χ3n) is 3.28. The second kappa shape index (κ2) is 8.01. The van der Waals surface area contributed by atoms with Gasteiger partial charge < -0.3 is 4.74 Å². The van der Waals surface area contributed by atoms with Gasteiger partial charge in [0.05, 0.1) is 10.8 Å². The first-order valence-corrected chi connectivity index (χ1v) is 9.03. The number of halogens is 1. The van der Waals surface area contributed by atoms with Crippen LogP contribution < -0.4 is 4.74 Å². The van der Waals surface area contributed by atoms with Gasteiger partial charge in [-0.1, -0.05) is 13.8 Å². The molecule has 0 saturated heterocycles. The van der Waals surface area contributed by atoms with E-state index in [1.54, 1.807) is 31.3 Å². The Balaban J connectivity index is 2.86. The zero-order valence-electron chi connectivity index (χ0n) is 13.0. The molecule has 1 atom stereocenters. The SMILES string of the molecule is CC(C)CC(C)N(C)S(=O)(=O)c1ccc(OCCCl)cc1. The fraction of sp³-hybridized carbons (Fsp3) is 0.600. The van der Waals surface area contributed by atoms with Crippen LogP contribution in [-0.4, -0.2) is 38.3 Å². The maximum Gasteiger partial charge on any atom is 0.243 e. The van der Waals surface area contributed by atoms with Crippen LogP contribution in [0.5, 0.6) is 5.75 Å². The van der Waals surface area contributed by atoms with E-state index in [1.165, 1.54) is 4.31 Å². The summed E-state index contributed by atoms with van der Waals surface area (Å²) in [6, 6.07) is 6.40. The van der Waals surface area contributed by atoms with Gasteiger partial charge in [0, 0.05) is 13.1 Å². The lowest BCUT2D eigenvalue weighted by Crippen LogP contribution is -2.35. The Morgan fingerprint density at radius 2 is 1.76 bits per heavy atom. The van der Waals surface area contributed by atoms with E-state index in [1.807, 2.05) is 6.92 Å². The molecule has 1 aromatic carbocycles. The number of sulfonamides is 1. The molecule has 0 aliphatic carbocycles. The topological polar surface area (TPSA) is 46.6 Å². The quantitative estimate of drug-likeness (QED) is 0.685. The number of alkyl halides is 1. The van der Waals surface area contributed by atoms with Crippen molar-refractivity contribution in [1.82, 2.24) is 4.31 Å². The second-order valence-electron chi connectivity index (χ2n) is 5.51. The summed E-state index contributed by atoms with van der Waals surface area (Å²) < 4.78 is 31.9. The van der Waals surface area contributed by atoms with Crippen LogP contribution in [0.2, 0.25) is 0 Å². The van der Waals surface area contributed by atoms with Crippen molar-refractivity contribution in [1.29, 1.82) is 0 Å². The van der Waals surface area contributed by atoms with Gasteiger partial charge in [0.1, 0.15) is 12.4 Å². The number of ether oxygens (including phenoxy) is 1. The van der Waals surface area contributed by atoms with Crippen molar-refractivity contribution in [2.24, 2.45) is 5.92 Å². The molecule has 0 aliphatic heterocycles. The molecule has 0 radical (unpaired) electrons. The van der Waals surface area contributed by atoms with Crippen LogP contribution in [0.1, 0.15) is 27.2 Å². The summed E-state index contributed by atoms with van der Waals surface area (Å²) in [5.41, 5.74) is 0. The molecule has 0 bridgehead atoms.